The van der Waals surface area contributed by atoms with Gasteiger partial charge in [0.1, 0.15) is 5.82 Å². The Balaban J connectivity index is 1.90. The molecule has 0 aromatic heterocycles. The Bertz CT molecular complexity index is 509. The van der Waals surface area contributed by atoms with Crippen molar-refractivity contribution in [3.8, 4) is 0 Å². The van der Waals surface area contributed by atoms with Crippen LogP contribution in [0.2, 0.25) is 0 Å². The topological polar surface area (TPSA) is 30.9 Å². The molecular formula is C17H27FN4. The lowest BCUT2D eigenvalue weighted by Crippen LogP contribution is -2.46. The number of nitrogens with one attached hydrogen (secondary N) is 1. The van der Waals surface area contributed by atoms with Gasteiger partial charge in [0.15, 0.2) is 5.96 Å². The fraction of sp³-hybridized carbons (Fsp3) is 0.588. The molecule has 0 amide bonds. The van der Waals surface area contributed by atoms with Crippen LogP contribution in [0, 0.1) is 11.7 Å². The molecule has 1 saturated carbocycles. The molecule has 0 bridgehead atoms. The van der Waals surface area contributed by atoms with Crippen molar-refractivity contribution in [1.29, 1.82) is 0 Å². The minimum absolute atomic E-state index is 0.199. The normalized spacial score (nSPS) is 16.7. The van der Waals surface area contributed by atoms with Crippen LogP contribution in [0.15, 0.2) is 29.3 Å². The van der Waals surface area contributed by atoms with Gasteiger partial charge in [-0.25, -0.2) is 4.39 Å². The van der Waals surface area contributed by atoms with Crippen LogP contribution in [-0.4, -0.2) is 56.5 Å². The summed E-state index contributed by atoms with van der Waals surface area (Å²) in [5.41, 5.74) is 0.941. The third-order valence-corrected chi connectivity index (χ3v) is 4.18. The van der Waals surface area contributed by atoms with Crippen molar-refractivity contribution in [3.63, 3.8) is 0 Å². The molecule has 1 fully saturated rings. The maximum absolute atomic E-state index is 13.3. The molecule has 1 N–H and O–H groups in total. The van der Waals surface area contributed by atoms with E-state index in [1.54, 1.807) is 19.2 Å². The predicted molar refractivity (Wildman–Crippen MR) is 89.4 cm³/mol. The van der Waals surface area contributed by atoms with Crippen LogP contribution in [0.3, 0.4) is 0 Å². The van der Waals surface area contributed by atoms with Gasteiger partial charge in [0.25, 0.3) is 0 Å². The molecule has 1 unspecified atom stereocenters. The number of hydrogen-bond acceptors (Lipinski definition) is 2. The van der Waals surface area contributed by atoms with E-state index in [1.165, 1.54) is 18.9 Å². The number of halogens is 1. The van der Waals surface area contributed by atoms with Gasteiger partial charge in [-0.05, 0) is 50.6 Å². The van der Waals surface area contributed by atoms with Crippen molar-refractivity contribution in [2.45, 2.75) is 25.4 Å². The standard InChI is InChI=1S/C17H27FN4/c1-19-17(20-11-16(21(2)3)14-8-9-14)22(4)12-13-6-5-7-15(18)10-13/h5-7,10,14,16H,8-9,11-12H2,1-4H3,(H,19,20). The number of nitrogens with zero attached hydrogens (tertiary/aromatic N) is 3. The summed E-state index contributed by atoms with van der Waals surface area (Å²) in [7, 11) is 8.02. The van der Waals surface area contributed by atoms with Gasteiger partial charge in [0.2, 0.25) is 0 Å². The summed E-state index contributed by atoms with van der Waals surface area (Å²) < 4.78 is 13.3. The highest BCUT2D eigenvalue weighted by atomic mass is 19.1. The Morgan fingerprint density at radius 2 is 2.09 bits per heavy atom. The second kappa shape index (κ2) is 7.58. The van der Waals surface area contributed by atoms with Gasteiger partial charge in [-0.15, -0.1) is 0 Å². The molecule has 0 radical (unpaired) electrons. The van der Waals surface area contributed by atoms with Crippen molar-refractivity contribution in [3.05, 3.63) is 35.6 Å². The molecule has 122 valence electrons. The van der Waals surface area contributed by atoms with Crippen molar-refractivity contribution in [2.24, 2.45) is 10.9 Å². The molecule has 4 nitrogen and oxygen atoms in total. The van der Waals surface area contributed by atoms with Crippen LogP contribution in [-0.2, 0) is 6.54 Å². The number of likely N-dealkylation sites (N-methyl/N-ethyl adjacent to an activating group) is 1. The van der Waals surface area contributed by atoms with Crippen LogP contribution in [0.4, 0.5) is 4.39 Å². The van der Waals surface area contributed by atoms with Gasteiger partial charge in [-0.3, -0.25) is 4.99 Å². The van der Waals surface area contributed by atoms with Gasteiger partial charge < -0.3 is 15.1 Å². The zero-order valence-corrected chi connectivity index (χ0v) is 14.0. The largest absolute Gasteiger partial charge is 0.355 e. The summed E-state index contributed by atoms with van der Waals surface area (Å²) in [6.07, 6.45) is 2.64. The van der Waals surface area contributed by atoms with Crippen LogP contribution >= 0.6 is 0 Å². The van der Waals surface area contributed by atoms with Crippen molar-refractivity contribution in [1.82, 2.24) is 15.1 Å². The third-order valence-electron chi connectivity index (χ3n) is 4.18. The first kappa shape index (κ1) is 16.7. The Morgan fingerprint density at radius 3 is 2.64 bits per heavy atom. The first-order valence-electron chi connectivity index (χ1n) is 7.84. The molecule has 0 saturated heterocycles. The highest BCUT2D eigenvalue weighted by Crippen LogP contribution is 2.34. The van der Waals surface area contributed by atoms with Gasteiger partial charge in [-0.1, -0.05) is 12.1 Å². The maximum Gasteiger partial charge on any atom is 0.193 e. The summed E-state index contributed by atoms with van der Waals surface area (Å²) >= 11 is 0. The Labute approximate surface area is 133 Å². The van der Waals surface area contributed by atoms with E-state index in [0.717, 1.165) is 24.0 Å². The van der Waals surface area contributed by atoms with E-state index in [4.69, 9.17) is 0 Å². The first-order valence-corrected chi connectivity index (χ1v) is 7.84. The molecule has 22 heavy (non-hydrogen) atoms. The number of rotatable bonds is 6. The summed E-state index contributed by atoms with van der Waals surface area (Å²) in [5, 5.41) is 3.45. The Kier molecular flexibility index (Phi) is 5.77. The minimum Gasteiger partial charge on any atom is -0.355 e. The lowest BCUT2D eigenvalue weighted by molar-refractivity contribution is 0.262. The van der Waals surface area contributed by atoms with E-state index >= 15 is 0 Å². The summed E-state index contributed by atoms with van der Waals surface area (Å²) in [6.45, 7) is 1.52. The van der Waals surface area contributed by atoms with E-state index in [-0.39, 0.29) is 5.82 Å². The second-order valence-corrected chi connectivity index (χ2v) is 6.28. The molecule has 0 aliphatic heterocycles. The molecule has 1 atom stereocenters. The smallest absolute Gasteiger partial charge is 0.193 e. The van der Waals surface area contributed by atoms with E-state index in [2.05, 4.69) is 29.3 Å². The zero-order valence-electron chi connectivity index (χ0n) is 14.0. The Hall–Kier alpha value is -1.62. The highest BCUT2D eigenvalue weighted by Gasteiger charge is 2.32. The lowest BCUT2D eigenvalue weighted by Gasteiger charge is -2.28. The maximum atomic E-state index is 13.3. The molecule has 0 heterocycles. The molecule has 1 aromatic carbocycles. The predicted octanol–water partition coefficient (Wildman–Crippen LogP) is 2.17. The lowest BCUT2D eigenvalue weighted by atomic mass is 10.1. The van der Waals surface area contributed by atoms with Gasteiger partial charge in [-0.2, -0.15) is 0 Å². The average Bonchev–Trinajstić information content (AvgIpc) is 3.27. The number of aliphatic imine (C=N–C) groups is 1. The van der Waals surface area contributed by atoms with E-state index in [9.17, 15) is 4.39 Å². The molecule has 1 aromatic rings. The van der Waals surface area contributed by atoms with Gasteiger partial charge in [0.05, 0.1) is 0 Å². The van der Waals surface area contributed by atoms with Crippen LogP contribution < -0.4 is 5.32 Å². The summed E-state index contributed by atoms with van der Waals surface area (Å²) in [4.78, 5) is 8.64. The molecule has 1 aliphatic carbocycles. The fourth-order valence-corrected chi connectivity index (χ4v) is 2.82. The van der Waals surface area contributed by atoms with E-state index < -0.39 is 0 Å². The minimum atomic E-state index is -0.199. The van der Waals surface area contributed by atoms with Crippen LogP contribution in [0.1, 0.15) is 18.4 Å². The third kappa shape index (κ3) is 4.70. The average molecular weight is 306 g/mol. The SMILES string of the molecule is CN=C(NCC(C1CC1)N(C)C)N(C)Cc1cccc(F)c1. The fourth-order valence-electron chi connectivity index (χ4n) is 2.82. The van der Waals surface area contributed by atoms with Crippen molar-refractivity contribution < 1.29 is 4.39 Å². The van der Waals surface area contributed by atoms with Gasteiger partial charge in [0, 0.05) is 33.2 Å². The van der Waals surface area contributed by atoms with Crippen LogP contribution in [0.5, 0.6) is 0 Å². The summed E-state index contributed by atoms with van der Waals surface area (Å²) in [5.74, 6) is 1.45. The molecule has 2 rings (SSSR count). The second-order valence-electron chi connectivity index (χ2n) is 6.28. The molecule has 5 heteroatoms. The molecular weight excluding hydrogens is 279 g/mol. The number of guanidine groups is 1. The highest BCUT2D eigenvalue weighted by molar-refractivity contribution is 5.79. The monoisotopic (exact) mass is 306 g/mol. The molecule has 0 spiro atoms. The summed E-state index contributed by atoms with van der Waals surface area (Å²) in [6, 6.07) is 7.24. The van der Waals surface area contributed by atoms with Gasteiger partial charge >= 0.3 is 0 Å². The number of hydrogen-bond donors (Lipinski definition) is 1. The first-order chi connectivity index (χ1) is 10.5. The van der Waals surface area contributed by atoms with Crippen molar-refractivity contribution in [2.75, 3.05) is 34.7 Å². The van der Waals surface area contributed by atoms with Crippen LogP contribution in [0.25, 0.3) is 0 Å². The van der Waals surface area contributed by atoms with E-state index in [1.807, 2.05) is 18.0 Å². The van der Waals surface area contributed by atoms with Crippen molar-refractivity contribution >= 4 is 5.96 Å². The Morgan fingerprint density at radius 1 is 1.36 bits per heavy atom. The quantitative estimate of drug-likeness (QED) is 0.645. The zero-order chi connectivity index (χ0) is 16.1. The molecule has 1 aliphatic rings. The van der Waals surface area contributed by atoms with E-state index in [0.29, 0.717) is 12.6 Å². The number of benzene rings is 1.